The molecular formula is C19H18Cl2N2O. The third-order valence-corrected chi connectivity index (χ3v) is 4.65. The van der Waals surface area contributed by atoms with Crippen molar-refractivity contribution in [1.82, 2.24) is 4.90 Å². The summed E-state index contributed by atoms with van der Waals surface area (Å²) in [5, 5.41) is 1.38. The van der Waals surface area contributed by atoms with Crippen LogP contribution in [0.4, 0.5) is 5.69 Å². The molecule has 24 heavy (non-hydrogen) atoms. The zero-order valence-electron chi connectivity index (χ0n) is 13.2. The molecule has 0 bridgehead atoms. The second kappa shape index (κ2) is 7.73. The first-order valence-electron chi connectivity index (χ1n) is 7.85. The van der Waals surface area contributed by atoms with Gasteiger partial charge in [-0.15, -0.1) is 0 Å². The van der Waals surface area contributed by atoms with Crippen LogP contribution in [0.3, 0.4) is 0 Å². The van der Waals surface area contributed by atoms with Crippen LogP contribution in [-0.2, 0) is 4.79 Å². The maximum Gasteiger partial charge on any atom is 0.246 e. The molecule has 0 saturated carbocycles. The fourth-order valence-electron chi connectivity index (χ4n) is 2.73. The molecule has 2 aromatic carbocycles. The van der Waals surface area contributed by atoms with E-state index in [-0.39, 0.29) is 5.91 Å². The van der Waals surface area contributed by atoms with Crippen molar-refractivity contribution in [3.8, 4) is 0 Å². The second-order valence-corrected chi connectivity index (χ2v) is 6.49. The van der Waals surface area contributed by atoms with Gasteiger partial charge in [-0.1, -0.05) is 47.5 Å². The molecule has 1 aliphatic rings. The Balaban J connectivity index is 1.58. The lowest BCUT2D eigenvalue weighted by Gasteiger charge is -2.35. The minimum Gasteiger partial charge on any atom is -0.368 e. The summed E-state index contributed by atoms with van der Waals surface area (Å²) < 4.78 is 0. The van der Waals surface area contributed by atoms with E-state index >= 15 is 0 Å². The molecule has 1 amide bonds. The smallest absolute Gasteiger partial charge is 0.246 e. The van der Waals surface area contributed by atoms with Gasteiger partial charge in [0.2, 0.25) is 5.91 Å². The van der Waals surface area contributed by atoms with Crippen LogP contribution in [0.25, 0.3) is 6.08 Å². The van der Waals surface area contributed by atoms with Gasteiger partial charge in [0.25, 0.3) is 0 Å². The summed E-state index contributed by atoms with van der Waals surface area (Å²) >= 11 is 12.1. The Hall–Kier alpha value is -1.97. The molecule has 0 aliphatic carbocycles. The summed E-state index contributed by atoms with van der Waals surface area (Å²) in [6.45, 7) is 2.98. The van der Waals surface area contributed by atoms with Gasteiger partial charge in [-0.3, -0.25) is 4.79 Å². The molecule has 2 aromatic rings. The number of benzene rings is 2. The van der Waals surface area contributed by atoms with Gasteiger partial charge in [0.05, 0.1) is 0 Å². The summed E-state index contributed by atoms with van der Waals surface area (Å²) in [5.74, 6) is 0.0145. The molecular weight excluding hydrogens is 343 g/mol. The Kier molecular flexibility index (Phi) is 5.44. The van der Waals surface area contributed by atoms with Crippen molar-refractivity contribution in [3.63, 3.8) is 0 Å². The minimum atomic E-state index is 0.0145. The Morgan fingerprint density at radius 3 is 2.42 bits per heavy atom. The molecule has 1 heterocycles. The first-order chi connectivity index (χ1) is 11.6. The van der Waals surface area contributed by atoms with Gasteiger partial charge in [0.1, 0.15) is 0 Å². The van der Waals surface area contributed by atoms with E-state index < -0.39 is 0 Å². The molecule has 3 nitrogen and oxygen atoms in total. The molecule has 3 rings (SSSR count). The molecule has 0 atom stereocenters. The number of hydrogen-bond donors (Lipinski definition) is 0. The topological polar surface area (TPSA) is 23.6 Å². The number of halogens is 2. The van der Waals surface area contributed by atoms with E-state index in [2.05, 4.69) is 4.90 Å². The monoisotopic (exact) mass is 360 g/mol. The maximum absolute atomic E-state index is 12.3. The summed E-state index contributed by atoms with van der Waals surface area (Å²) in [7, 11) is 0. The van der Waals surface area contributed by atoms with Crippen molar-refractivity contribution >= 4 is 40.9 Å². The van der Waals surface area contributed by atoms with E-state index in [1.165, 1.54) is 0 Å². The van der Waals surface area contributed by atoms with Gasteiger partial charge in [0.15, 0.2) is 0 Å². The molecule has 1 fully saturated rings. The average Bonchev–Trinajstić information content (AvgIpc) is 2.61. The van der Waals surface area contributed by atoms with Crippen LogP contribution in [0.1, 0.15) is 5.56 Å². The van der Waals surface area contributed by atoms with Crippen molar-refractivity contribution in [1.29, 1.82) is 0 Å². The van der Waals surface area contributed by atoms with Crippen LogP contribution in [0.2, 0.25) is 10.0 Å². The molecule has 5 heteroatoms. The fourth-order valence-corrected chi connectivity index (χ4v) is 3.12. The molecule has 0 radical (unpaired) electrons. The number of nitrogens with zero attached hydrogens (tertiary/aromatic N) is 2. The zero-order chi connectivity index (χ0) is 16.9. The van der Waals surface area contributed by atoms with Crippen LogP contribution in [0, 0.1) is 0 Å². The summed E-state index contributed by atoms with van der Waals surface area (Å²) in [6.07, 6.45) is 3.37. The molecule has 0 aromatic heterocycles. The van der Waals surface area contributed by atoms with Crippen LogP contribution < -0.4 is 4.90 Å². The van der Waals surface area contributed by atoms with Gasteiger partial charge in [-0.05, 0) is 35.9 Å². The molecule has 0 spiro atoms. The van der Waals surface area contributed by atoms with Gasteiger partial charge in [-0.25, -0.2) is 0 Å². The number of piperazine rings is 1. The molecule has 124 valence electrons. The Labute approximate surface area is 152 Å². The van der Waals surface area contributed by atoms with Crippen molar-refractivity contribution in [2.45, 2.75) is 0 Å². The Morgan fingerprint density at radius 1 is 0.958 bits per heavy atom. The predicted octanol–water partition coefficient (Wildman–Crippen LogP) is 4.36. The van der Waals surface area contributed by atoms with Crippen LogP contribution in [0.15, 0.2) is 54.6 Å². The number of hydrogen-bond acceptors (Lipinski definition) is 2. The maximum atomic E-state index is 12.3. The quantitative estimate of drug-likeness (QED) is 0.759. The number of carbonyl (C=O) groups excluding carboxylic acids is 1. The van der Waals surface area contributed by atoms with E-state index in [4.69, 9.17) is 23.2 Å². The van der Waals surface area contributed by atoms with E-state index in [9.17, 15) is 4.79 Å². The molecule has 1 aliphatic heterocycles. The van der Waals surface area contributed by atoms with Crippen LogP contribution >= 0.6 is 23.2 Å². The highest BCUT2D eigenvalue weighted by Crippen LogP contribution is 2.21. The zero-order valence-corrected chi connectivity index (χ0v) is 14.7. The molecule has 1 saturated heterocycles. The minimum absolute atomic E-state index is 0.0145. The highest BCUT2D eigenvalue weighted by molar-refractivity contribution is 6.32. The van der Waals surface area contributed by atoms with Gasteiger partial charge < -0.3 is 9.80 Å². The number of amides is 1. The standard InChI is InChI=1S/C19H18Cl2N2O/c20-16-5-3-6-17(14-16)22-10-12-23(13-11-22)19(24)9-8-15-4-1-2-7-18(15)21/h1-9,14H,10-13H2/b9-8+. The van der Waals surface area contributed by atoms with Gasteiger partial charge in [0, 0.05) is 48.0 Å². The second-order valence-electron chi connectivity index (χ2n) is 5.65. The van der Waals surface area contributed by atoms with E-state index in [1.807, 2.05) is 53.4 Å². The summed E-state index contributed by atoms with van der Waals surface area (Å²) in [4.78, 5) is 16.4. The van der Waals surface area contributed by atoms with Crippen molar-refractivity contribution in [3.05, 3.63) is 70.2 Å². The molecule has 0 unspecified atom stereocenters. The Morgan fingerprint density at radius 2 is 1.71 bits per heavy atom. The predicted molar refractivity (Wildman–Crippen MR) is 101 cm³/mol. The highest BCUT2D eigenvalue weighted by atomic mass is 35.5. The van der Waals surface area contributed by atoms with E-state index in [0.717, 1.165) is 29.4 Å². The van der Waals surface area contributed by atoms with Crippen LogP contribution in [-0.4, -0.2) is 37.0 Å². The Bertz CT molecular complexity index is 753. The van der Waals surface area contributed by atoms with Crippen LogP contribution in [0.5, 0.6) is 0 Å². The average molecular weight is 361 g/mol. The number of carbonyl (C=O) groups is 1. The third kappa shape index (κ3) is 4.11. The molecule has 0 N–H and O–H groups in total. The van der Waals surface area contributed by atoms with Crippen molar-refractivity contribution in [2.24, 2.45) is 0 Å². The SMILES string of the molecule is O=C(/C=C/c1ccccc1Cl)N1CCN(c2cccc(Cl)c2)CC1. The highest BCUT2D eigenvalue weighted by Gasteiger charge is 2.19. The summed E-state index contributed by atoms with van der Waals surface area (Å²) in [6, 6.07) is 15.3. The van der Waals surface area contributed by atoms with Crippen molar-refractivity contribution < 1.29 is 4.79 Å². The van der Waals surface area contributed by atoms with Crippen molar-refractivity contribution in [2.75, 3.05) is 31.1 Å². The lowest BCUT2D eigenvalue weighted by atomic mass is 10.2. The third-order valence-electron chi connectivity index (χ3n) is 4.08. The van der Waals surface area contributed by atoms with Gasteiger partial charge in [-0.2, -0.15) is 0 Å². The fraction of sp³-hybridized carbons (Fsp3) is 0.211. The first kappa shape index (κ1) is 16.9. The number of anilines is 1. The van der Waals surface area contributed by atoms with E-state index in [0.29, 0.717) is 18.1 Å². The lowest BCUT2D eigenvalue weighted by molar-refractivity contribution is -0.126. The number of rotatable bonds is 3. The first-order valence-corrected chi connectivity index (χ1v) is 8.61. The largest absolute Gasteiger partial charge is 0.368 e. The lowest BCUT2D eigenvalue weighted by Crippen LogP contribution is -2.48. The van der Waals surface area contributed by atoms with Gasteiger partial charge >= 0.3 is 0 Å². The normalized spacial score (nSPS) is 15.1. The van der Waals surface area contributed by atoms with E-state index in [1.54, 1.807) is 12.2 Å². The summed E-state index contributed by atoms with van der Waals surface area (Å²) in [5.41, 5.74) is 1.95.